The van der Waals surface area contributed by atoms with Crippen LogP contribution in [-0.2, 0) is 9.59 Å². The quantitative estimate of drug-likeness (QED) is 0.466. The molecule has 0 aromatic rings. The highest BCUT2D eigenvalue weighted by atomic mass is 31.2. The first kappa shape index (κ1) is 20.3. The van der Waals surface area contributed by atoms with E-state index in [1.54, 1.807) is 6.92 Å². The molecule has 0 aliphatic carbocycles. The first-order chi connectivity index (χ1) is 9.69. The van der Waals surface area contributed by atoms with Crippen molar-refractivity contribution in [3.8, 4) is 0 Å². The van der Waals surface area contributed by atoms with Crippen molar-refractivity contribution in [2.24, 2.45) is 5.92 Å². The number of nitrogens with one attached hydrogen (secondary N) is 1. The highest BCUT2D eigenvalue weighted by Gasteiger charge is 2.26. The number of hydrogen-bond acceptors (Lipinski definition) is 2. The van der Waals surface area contributed by atoms with Gasteiger partial charge >= 0.3 is 0 Å². The van der Waals surface area contributed by atoms with Crippen LogP contribution < -0.4 is 5.32 Å². The van der Waals surface area contributed by atoms with Crippen LogP contribution in [-0.4, -0.2) is 43.9 Å². The molecule has 0 heterocycles. The molecule has 0 radical (unpaired) electrons. The maximum absolute atomic E-state index is 12.2. The van der Waals surface area contributed by atoms with Crippen LogP contribution in [0.4, 0.5) is 0 Å². The van der Waals surface area contributed by atoms with Crippen molar-refractivity contribution < 1.29 is 9.59 Å². The van der Waals surface area contributed by atoms with Gasteiger partial charge in [-0.1, -0.05) is 19.4 Å². The lowest BCUT2D eigenvalue weighted by Crippen LogP contribution is -2.40. The van der Waals surface area contributed by atoms with E-state index in [0.29, 0.717) is 12.3 Å². The van der Waals surface area contributed by atoms with Gasteiger partial charge in [0.05, 0.1) is 12.2 Å². The fraction of sp³-hybridized carbons (Fsp3) is 0.765. The molecule has 0 aromatic carbocycles. The van der Waals surface area contributed by atoms with Crippen molar-refractivity contribution in [3.05, 3.63) is 12.7 Å². The van der Waals surface area contributed by atoms with E-state index >= 15 is 0 Å². The summed E-state index contributed by atoms with van der Waals surface area (Å²) in [6, 6.07) is -0.313. The molecule has 0 bridgehead atoms. The third-order valence-electron chi connectivity index (χ3n) is 3.46. The lowest BCUT2D eigenvalue weighted by Gasteiger charge is -2.22. The third kappa shape index (κ3) is 10.6. The minimum atomic E-state index is -0.915. The molecule has 0 aliphatic heterocycles. The van der Waals surface area contributed by atoms with Crippen LogP contribution >= 0.6 is 7.26 Å². The lowest BCUT2D eigenvalue weighted by molar-refractivity contribution is -0.127. The van der Waals surface area contributed by atoms with Gasteiger partial charge < -0.3 is 5.32 Å². The van der Waals surface area contributed by atoms with E-state index in [1.807, 2.05) is 13.0 Å². The summed E-state index contributed by atoms with van der Waals surface area (Å²) in [7, 11) is -0.915. The Kier molecular flexibility index (Phi) is 9.77. The summed E-state index contributed by atoms with van der Waals surface area (Å²) >= 11 is 0. The maximum atomic E-state index is 12.2. The third-order valence-corrected chi connectivity index (χ3v) is 5.07. The number of amides is 1. The van der Waals surface area contributed by atoms with Gasteiger partial charge in [0.1, 0.15) is 0 Å². The summed E-state index contributed by atoms with van der Waals surface area (Å²) in [5.41, 5.74) is 0. The smallest absolute Gasteiger partial charge is 0.220 e. The number of allylic oxidation sites excluding steroid dienone is 1. The largest absolute Gasteiger partial charge is 0.346 e. The summed E-state index contributed by atoms with van der Waals surface area (Å²) in [5.74, 6) is 0.466. The monoisotopic (exact) mass is 314 g/mol. The van der Waals surface area contributed by atoms with E-state index in [2.05, 4.69) is 31.9 Å². The lowest BCUT2D eigenvalue weighted by atomic mass is 10.00. The molecule has 4 heteroatoms. The predicted octanol–water partition coefficient (Wildman–Crippen LogP) is 3.74. The molecule has 0 saturated carbocycles. The van der Waals surface area contributed by atoms with Crippen molar-refractivity contribution in [1.29, 1.82) is 0 Å². The molecule has 122 valence electrons. The van der Waals surface area contributed by atoms with Crippen molar-refractivity contribution in [2.45, 2.75) is 52.0 Å². The Labute approximate surface area is 131 Å². The summed E-state index contributed by atoms with van der Waals surface area (Å²) in [5, 5.41) is 2.91. The van der Waals surface area contributed by atoms with Crippen LogP contribution in [0.25, 0.3) is 0 Å². The standard InChI is InChI=1S/C17H32NO2P/c1-7-9-11-15(13-21(4,5)6)12-17(20)18-16(10-8-2)14(3)19/h7,15-16H,1,8-13H2,2-6H3/p+1/t15?,16-/m0/s1. The van der Waals surface area contributed by atoms with Crippen LogP contribution in [0.3, 0.4) is 0 Å². The van der Waals surface area contributed by atoms with E-state index in [9.17, 15) is 9.59 Å². The molecule has 3 nitrogen and oxygen atoms in total. The molecule has 1 amide bonds. The number of ketones is 1. The van der Waals surface area contributed by atoms with Gasteiger partial charge in [-0.05, 0) is 26.2 Å². The van der Waals surface area contributed by atoms with Crippen LogP contribution in [0.15, 0.2) is 12.7 Å². The SMILES string of the molecule is C=CCCC(CC(=O)N[C@@H](CCC)C(C)=O)C[P+](C)(C)C. The molecule has 0 spiro atoms. The Balaban J connectivity index is 4.56. The summed E-state index contributed by atoms with van der Waals surface area (Å²) in [4.78, 5) is 23.7. The Morgan fingerprint density at radius 2 is 1.86 bits per heavy atom. The van der Waals surface area contributed by atoms with Crippen molar-refractivity contribution in [2.75, 3.05) is 26.2 Å². The first-order valence-corrected chi connectivity index (χ1v) is 11.2. The fourth-order valence-electron chi connectivity index (χ4n) is 2.57. The zero-order valence-corrected chi connectivity index (χ0v) is 15.3. The maximum Gasteiger partial charge on any atom is 0.220 e. The predicted molar refractivity (Wildman–Crippen MR) is 94.6 cm³/mol. The van der Waals surface area contributed by atoms with Crippen LogP contribution in [0.1, 0.15) is 46.0 Å². The van der Waals surface area contributed by atoms with Gasteiger partial charge in [0.25, 0.3) is 0 Å². The topological polar surface area (TPSA) is 46.2 Å². The molecule has 1 N–H and O–H groups in total. The van der Waals surface area contributed by atoms with Crippen LogP contribution in [0.2, 0.25) is 0 Å². The second-order valence-corrected chi connectivity index (χ2v) is 11.9. The van der Waals surface area contributed by atoms with Gasteiger partial charge in [-0.15, -0.1) is 6.58 Å². The summed E-state index contributed by atoms with van der Waals surface area (Å²) in [6.07, 6.45) is 7.14. The number of carbonyl (C=O) groups is 2. The number of hydrogen-bond donors (Lipinski definition) is 1. The second kappa shape index (κ2) is 10.1. The van der Waals surface area contributed by atoms with Crippen LogP contribution in [0.5, 0.6) is 0 Å². The van der Waals surface area contributed by atoms with Crippen molar-refractivity contribution >= 4 is 19.0 Å². The van der Waals surface area contributed by atoms with Gasteiger partial charge in [0, 0.05) is 39.6 Å². The average molecular weight is 314 g/mol. The van der Waals surface area contributed by atoms with E-state index in [1.165, 1.54) is 0 Å². The first-order valence-electron chi connectivity index (χ1n) is 7.90. The molecular formula is C17H33NO2P+. The Bertz CT molecular complexity index is 347. The van der Waals surface area contributed by atoms with Gasteiger partial charge in [0.2, 0.25) is 5.91 Å². The van der Waals surface area contributed by atoms with E-state index < -0.39 is 7.26 Å². The molecule has 0 saturated heterocycles. The van der Waals surface area contributed by atoms with Crippen LogP contribution in [0, 0.1) is 5.92 Å². The Hall–Kier alpha value is -0.690. The van der Waals surface area contributed by atoms with Gasteiger partial charge in [-0.2, -0.15) is 0 Å². The minimum absolute atomic E-state index is 0.0196. The molecule has 2 atom stereocenters. The molecule has 0 rings (SSSR count). The van der Waals surface area contributed by atoms with E-state index in [-0.39, 0.29) is 17.7 Å². The fourth-order valence-corrected chi connectivity index (χ4v) is 4.43. The Morgan fingerprint density at radius 3 is 2.29 bits per heavy atom. The van der Waals surface area contributed by atoms with Crippen molar-refractivity contribution in [1.82, 2.24) is 5.32 Å². The highest BCUT2D eigenvalue weighted by molar-refractivity contribution is 7.73. The zero-order chi connectivity index (χ0) is 16.5. The van der Waals surface area contributed by atoms with Gasteiger partial charge in [-0.3, -0.25) is 9.59 Å². The summed E-state index contributed by atoms with van der Waals surface area (Å²) < 4.78 is 0. The van der Waals surface area contributed by atoms with E-state index in [4.69, 9.17) is 0 Å². The number of carbonyl (C=O) groups excluding carboxylic acids is 2. The molecular weight excluding hydrogens is 281 g/mol. The normalized spacial score (nSPS) is 14.3. The molecule has 1 unspecified atom stereocenters. The highest BCUT2D eigenvalue weighted by Crippen LogP contribution is 2.49. The van der Waals surface area contributed by atoms with Gasteiger partial charge in [-0.25, -0.2) is 0 Å². The number of Topliss-reactive ketones (excluding diaryl/α,β-unsaturated/α-hetero) is 1. The van der Waals surface area contributed by atoms with Crippen molar-refractivity contribution in [3.63, 3.8) is 0 Å². The molecule has 0 fully saturated rings. The minimum Gasteiger partial charge on any atom is -0.346 e. The molecule has 0 aromatic heterocycles. The van der Waals surface area contributed by atoms with Gasteiger partial charge in [0.15, 0.2) is 5.78 Å². The van der Waals surface area contributed by atoms with E-state index in [0.717, 1.165) is 31.8 Å². The summed E-state index contributed by atoms with van der Waals surface area (Å²) in [6.45, 7) is 14.3. The second-order valence-electron chi connectivity index (χ2n) is 6.93. The molecule has 0 aliphatic rings. The average Bonchev–Trinajstić information content (AvgIpc) is 2.33. The Morgan fingerprint density at radius 1 is 1.24 bits per heavy atom. The number of rotatable bonds is 11. The zero-order valence-electron chi connectivity index (χ0n) is 14.4. The molecule has 21 heavy (non-hydrogen) atoms.